The third-order valence-corrected chi connectivity index (χ3v) is 1.94. The first-order valence-electron chi connectivity index (χ1n) is 4.02. The summed E-state index contributed by atoms with van der Waals surface area (Å²) in [7, 11) is 1.54. The van der Waals surface area contributed by atoms with E-state index in [1.54, 1.807) is 12.1 Å². The van der Waals surface area contributed by atoms with Crippen LogP contribution in [0.2, 0.25) is 0 Å². The van der Waals surface area contributed by atoms with Gasteiger partial charge in [-0.1, -0.05) is 6.07 Å². The summed E-state index contributed by atoms with van der Waals surface area (Å²) in [5, 5.41) is 8.73. The monoisotopic (exact) mass is 182 g/mol. The molecular formula is C9H14N2O2. The minimum atomic E-state index is 0.0654. The molecule has 0 saturated carbocycles. The van der Waals surface area contributed by atoms with Crippen molar-refractivity contribution in [2.45, 2.75) is 6.42 Å². The van der Waals surface area contributed by atoms with Crippen molar-refractivity contribution in [2.24, 2.45) is 0 Å². The van der Waals surface area contributed by atoms with Gasteiger partial charge in [-0.3, -0.25) is 0 Å². The van der Waals surface area contributed by atoms with E-state index in [-0.39, 0.29) is 6.61 Å². The van der Waals surface area contributed by atoms with E-state index >= 15 is 0 Å². The summed E-state index contributed by atoms with van der Waals surface area (Å²) in [6, 6.07) is 3.55. The molecule has 0 heterocycles. The maximum Gasteiger partial charge on any atom is 0.143 e. The van der Waals surface area contributed by atoms with Gasteiger partial charge in [0, 0.05) is 6.61 Å². The molecule has 1 aromatic rings. The molecule has 0 unspecified atom stereocenters. The fraction of sp³-hybridized carbons (Fsp3) is 0.333. The molecule has 0 radical (unpaired) electrons. The largest absolute Gasteiger partial charge is 0.495 e. The molecule has 0 aromatic heterocycles. The molecule has 0 bridgehead atoms. The fourth-order valence-electron chi connectivity index (χ4n) is 1.18. The number of aliphatic hydroxyl groups is 1. The van der Waals surface area contributed by atoms with Gasteiger partial charge in [0.05, 0.1) is 18.5 Å². The molecule has 72 valence electrons. The van der Waals surface area contributed by atoms with Crippen LogP contribution in [0.4, 0.5) is 11.4 Å². The van der Waals surface area contributed by atoms with Crippen molar-refractivity contribution in [1.29, 1.82) is 0 Å². The van der Waals surface area contributed by atoms with E-state index in [9.17, 15) is 0 Å². The van der Waals surface area contributed by atoms with Crippen LogP contribution in [0.5, 0.6) is 5.75 Å². The zero-order chi connectivity index (χ0) is 9.84. The number of hydrogen-bond donors (Lipinski definition) is 3. The van der Waals surface area contributed by atoms with Crippen LogP contribution in [0, 0.1) is 0 Å². The highest BCUT2D eigenvalue weighted by Crippen LogP contribution is 2.30. The summed E-state index contributed by atoms with van der Waals surface area (Å²) >= 11 is 0. The first-order chi connectivity index (χ1) is 6.20. The summed E-state index contributed by atoms with van der Waals surface area (Å²) in [5.74, 6) is 0.569. The molecule has 0 saturated heterocycles. The molecule has 1 rings (SSSR count). The highest BCUT2D eigenvalue weighted by atomic mass is 16.5. The lowest BCUT2D eigenvalue weighted by Crippen LogP contribution is -2.03. The summed E-state index contributed by atoms with van der Waals surface area (Å²) < 4.78 is 4.99. The summed E-state index contributed by atoms with van der Waals surface area (Å²) in [6.07, 6.45) is 0.514. The zero-order valence-electron chi connectivity index (χ0n) is 7.58. The lowest BCUT2D eigenvalue weighted by Gasteiger charge is -2.10. The van der Waals surface area contributed by atoms with Gasteiger partial charge in [0.2, 0.25) is 0 Å². The van der Waals surface area contributed by atoms with Gasteiger partial charge in [-0.2, -0.15) is 0 Å². The second-order valence-electron chi connectivity index (χ2n) is 2.73. The SMILES string of the molecule is COc1ccc(CCO)c(N)c1N. The van der Waals surface area contributed by atoms with Crippen molar-refractivity contribution in [1.82, 2.24) is 0 Å². The van der Waals surface area contributed by atoms with Crippen molar-refractivity contribution < 1.29 is 9.84 Å². The van der Waals surface area contributed by atoms with Crippen LogP contribution < -0.4 is 16.2 Å². The number of methoxy groups -OCH3 is 1. The zero-order valence-corrected chi connectivity index (χ0v) is 7.58. The molecule has 0 amide bonds. The summed E-state index contributed by atoms with van der Waals surface area (Å²) in [4.78, 5) is 0. The lowest BCUT2D eigenvalue weighted by atomic mass is 10.1. The van der Waals surface area contributed by atoms with Crippen molar-refractivity contribution in [3.63, 3.8) is 0 Å². The molecule has 1 aromatic carbocycles. The minimum absolute atomic E-state index is 0.0654. The van der Waals surface area contributed by atoms with Gasteiger partial charge in [-0.15, -0.1) is 0 Å². The van der Waals surface area contributed by atoms with E-state index in [0.29, 0.717) is 23.5 Å². The molecule has 4 heteroatoms. The van der Waals surface area contributed by atoms with Gasteiger partial charge in [0.1, 0.15) is 5.75 Å². The molecule has 0 aliphatic carbocycles. The molecule has 5 N–H and O–H groups in total. The highest BCUT2D eigenvalue weighted by Gasteiger charge is 2.07. The summed E-state index contributed by atoms with van der Waals surface area (Å²) in [6.45, 7) is 0.0654. The second kappa shape index (κ2) is 4.00. The van der Waals surface area contributed by atoms with Crippen LogP contribution >= 0.6 is 0 Å². The average molecular weight is 182 g/mol. The molecule has 4 nitrogen and oxygen atoms in total. The first kappa shape index (κ1) is 9.67. The van der Waals surface area contributed by atoms with Gasteiger partial charge in [-0.25, -0.2) is 0 Å². The van der Waals surface area contributed by atoms with Crippen LogP contribution in [-0.4, -0.2) is 18.8 Å². The van der Waals surface area contributed by atoms with E-state index < -0.39 is 0 Å². The van der Waals surface area contributed by atoms with Crippen molar-refractivity contribution in [3.8, 4) is 5.75 Å². The number of aliphatic hydroxyl groups excluding tert-OH is 1. The Kier molecular flexibility index (Phi) is 2.97. The van der Waals surface area contributed by atoms with Crippen LogP contribution in [0.1, 0.15) is 5.56 Å². The summed E-state index contributed by atoms with van der Waals surface area (Å²) in [5.41, 5.74) is 13.2. The molecule has 13 heavy (non-hydrogen) atoms. The molecular weight excluding hydrogens is 168 g/mol. The number of anilines is 2. The molecule has 0 spiro atoms. The Labute approximate surface area is 77.1 Å². The van der Waals surface area contributed by atoms with Gasteiger partial charge in [0.15, 0.2) is 0 Å². The van der Waals surface area contributed by atoms with E-state index in [1.807, 2.05) is 0 Å². The standard InChI is InChI=1S/C9H14N2O2/c1-13-7-3-2-6(4-5-12)8(10)9(7)11/h2-3,12H,4-5,10-11H2,1H3. The van der Waals surface area contributed by atoms with E-state index in [1.165, 1.54) is 7.11 Å². The number of hydrogen-bond acceptors (Lipinski definition) is 4. The maximum atomic E-state index is 8.73. The van der Waals surface area contributed by atoms with E-state index in [0.717, 1.165) is 5.56 Å². The number of nitrogen functional groups attached to an aromatic ring is 2. The van der Waals surface area contributed by atoms with Gasteiger partial charge in [0.25, 0.3) is 0 Å². The number of benzene rings is 1. The molecule has 0 aliphatic rings. The van der Waals surface area contributed by atoms with E-state index in [4.69, 9.17) is 21.3 Å². The topological polar surface area (TPSA) is 81.5 Å². The van der Waals surface area contributed by atoms with Crippen LogP contribution in [0.25, 0.3) is 0 Å². The Bertz CT molecular complexity index is 300. The normalized spacial score (nSPS) is 10.0. The van der Waals surface area contributed by atoms with Crippen molar-refractivity contribution >= 4 is 11.4 Å². The Balaban J connectivity index is 3.07. The molecule has 0 fully saturated rings. The lowest BCUT2D eigenvalue weighted by molar-refractivity contribution is 0.300. The Morgan fingerprint density at radius 3 is 2.54 bits per heavy atom. The van der Waals surface area contributed by atoms with Crippen LogP contribution in [0.15, 0.2) is 12.1 Å². The average Bonchev–Trinajstić information content (AvgIpc) is 2.14. The predicted octanol–water partition coefficient (Wildman–Crippen LogP) is 0.394. The first-order valence-corrected chi connectivity index (χ1v) is 4.02. The second-order valence-corrected chi connectivity index (χ2v) is 2.73. The van der Waals surface area contributed by atoms with Gasteiger partial charge < -0.3 is 21.3 Å². The third kappa shape index (κ3) is 1.84. The number of ether oxygens (including phenoxy) is 1. The van der Waals surface area contributed by atoms with Gasteiger partial charge >= 0.3 is 0 Å². The molecule has 0 atom stereocenters. The molecule has 0 aliphatic heterocycles. The van der Waals surface area contributed by atoms with Crippen LogP contribution in [0.3, 0.4) is 0 Å². The Morgan fingerprint density at radius 1 is 1.31 bits per heavy atom. The van der Waals surface area contributed by atoms with E-state index in [2.05, 4.69) is 0 Å². The predicted molar refractivity (Wildman–Crippen MR) is 52.6 cm³/mol. The smallest absolute Gasteiger partial charge is 0.143 e. The quantitative estimate of drug-likeness (QED) is 0.591. The number of rotatable bonds is 3. The third-order valence-electron chi connectivity index (χ3n) is 1.94. The minimum Gasteiger partial charge on any atom is -0.495 e. The Morgan fingerprint density at radius 2 is 2.00 bits per heavy atom. The van der Waals surface area contributed by atoms with Gasteiger partial charge in [-0.05, 0) is 18.1 Å². The maximum absolute atomic E-state index is 8.73. The van der Waals surface area contributed by atoms with Crippen molar-refractivity contribution in [2.75, 3.05) is 25.2 Å². The van der Waals surface area contributed by atoms with Crippen LogP contribution in [-0.2, 0) is 6.42 Å². The Hall–Kier alpha value is -1.42. The van der Waals surface area contributed by atoms with Crippen molar-refractivity contribution in [3.05, 3.63) is 17.7 Å². The number of nitrogens with two attached hydrogens (primary N) is 2. The highest BCUT2D eigenvalue weighted by molar-refractivity contribution is 5.74. The fourth-order valence-corrected chi connectivity index (χ4v) is 1.18.